The fourth-order valence-electron chi connectivity index (χ4n) is 1.56. The molecule has 2 aromatic rings. The van der Waals surface area contributed by atoms with Crippen LogP contribution in [0.25, 0.3) is 0 Å². The number of aromatic amines is 1. The highest BCUT2D eigenvalue weighted by molar-refractivity contribution is 6.30. The normalized spacial score (nSPS) is 11.8. The molecule has 0 aliphatic rings. The van der Waals surface area contributed by atoms with E-state index in [9.17, 15) is 9.59 Å². The van der Waals surface area contributed by atoms with Crippen molar-refractivity contribution in [3.05, 3.63) is 47.3 Å². The Morgan fingerprint density at radius 1 is 1.40 bits per heavy atom. The SMILES string of the molecule is O=C(N[C@@H](Cc1cnc[nH]1)C(=O)O)c1ccc(Cl)cn1. The van der Waals surface area contributed by atoms with Crippen molar-refractivity contribution in [2.45, 2.75) is 12.5 Å². The molecular weight excluding hydrogens is 284 g/mol. The Labute approximate surface area is 119 Å². The summed E-state index contributed by atoms with van der Waals surface area (Å²) in [5.74, 6) is -1.71. The van der Waals surface area contributed by atoms with Gasteiger partial charge in [-0.05, 0) is 12.1 Å². The van der Waals surface area contributed by atoms with E-state index in [2.05, 4.69) is 20.3 Å². The quantitative estimate of drug-likeness (QED) is 0.759. The standard InChI is InChI=1S/C12H11ClN4O3/c13-7-1-2-9(15-4-7)11(18)17-10(12(19)20)3-8-5-14-6-16-8/h1-2,4-6,10H,3H2,(H,14,16)(H,17,18)(H,19,20)/t10-/m0/s1. The Morgan fingerprint density at radius 2 is 2.20 bits per heavy atom. The third-order valence-corrected chi connectivity index (χ3v) is 2.77. The number of nitrogens with one attached hydrogen (secondary N) is 2. The number of rotatable bonds is 5. The van der Waals surface area contributed by atoms with Gasteiger partial charge in [-0.2, -0.15) is 0 Å². The second kappa shape index (κ2) is 6.16. The zero-order valence-corrected chi connectivity index (χ0v) is 11.0. The highest BCUT2D eigenvalue weighted by Crippen LogP contribution is 2.07. The molecule has 2 aromatic heterocycles. The number of pyridine rings is 1. The summed E-state index contributed by atoms with van der Waals surface area (Å²) in [4.78, 5) is 33.5. The Morgan fingerprint density at radius 3 is 2.75 bits per heavy atom. The van der Waals surface area contributed by atoms with E-state index in [1.165, 1.54) is 30.9 Å². The maximum Gasteiger partial charge on any atom is 0.326 e. The lowest BCUT2D eigenvalue weighted by atomic mass is 10.1. The van der Waals surface area contributed by atoms with Crippen LogP contribution < -0.4 is 5.32 Å². The summed E-state index contributed by atoms with van der Waals surface area (Å²) in [6, 6.07) is 1.86. The molecule has 0 bridgehead atoms. The molecule has 0 unspecified atom stereocenters. The number of carbonyl (C=O) groups excluding carboxylic acids is 1. The smallest absolute Gasteiger partial charge is 0.326 e. The number of halogens is 1. The Hall–Kier alpha value is -2.41. The molecule has 0 aliphatic carbocycles. The number of imidazole rings is 1. The van der Waals surface area contributed by atoms with Crippen molar-refractivity contribution in [3.8, 4) is 0 Å². The predicted octanol–water partition coefficient (Wildman–Crippen LogP) is 0.884. The van der Waals surface area contributed by atoms with Gasteiger partial charge in [0.2, 0.25) is 0 Å². The van der Waals surface area contributed by atoms with Crippen LogP contribution >= 0.6 is 11.6 Å². The van der Waals surface area contributed by atoms with Crippen LogP contribution in [0.1, 0.15) is 16.2 Å². The molecule has 0 saturated heterocycles. The number of hydrogen-bond donors (Lipinski definition) is 3. The molecule has 7 nitrogen and oxygen atoms in total. The van der Waals surface area contributed by atoms with Gasteiger partial charge in [0.1, 0.15) is 11.7 Å². The van der Waals surface area contributed by atoms with Gasteiger partial charge >= 0.3 is 5.97 Å². The molecule has 0 radical (unpaired) electrons. The van der Waals surface area contributed by atoms with Crippen LogP contribution in [0.3, 0.4) is 0 Å². The van der Waals surface area contributed by atoms with Crippen molar-refractivity contribution in [1.82, 2.24) is 20.3 Å². The number of H-pyrrole nitrogens is 1. The van der Waals surface area contributed by atoms with Gasteiger partial charge in [-0.15, -0.1) is 0 Å². The van der Waals surface area contributed by atoms with E-state index in [0.717, 1.165) is 0 Å². The first-order chi connectivity index (χ1) is 9.56. The third-order valence-electron chi connectivity index (χ3n) is 2.54. The minimum Gasteiger partial charge on any atom is -0.480 e. The first-order valence-electron chi connectivity index (χ1n) is 5.68. The predicted molar refractivity (Wildman–Crippen MR) is 70.4 cm³/mol. The van der Waals surface area contributed by atoms with E-state index >= 15 is 0 Å². The number of carbonyl (C=O) groups is 2. The molecule has 3 N–H and O–H groups in total. The average Bonchev–Trinajstić information content (AvgIpc) is 2.91. The van der Waals surface area contributed by atoms with Gasteiger partial charge < -0.3 is 15.4 Å². The van der Waals surface area contributed by atoms with E-state index < -0.39 is 17.9 Å². The van der Waals surface area contributed by atoms with Crippen LogP contribution in [0.15, 0.2) is 30.9 Å². The summed E-state index contributed by atoms with van der Waals surface area (Å²) in [5, 5.41) is 11.9. The molecule has 1 amide bonds. The van der Waals surface area contributed by atoms with Crippen LogP contribution in [0, 0.1) is 0 Å². The molecule has 2 heterocycles. The van der Waals surface area contributed by atoms with Crippen molar-refractivity contribution >= 4 is 23.5 Å². The van der Waals surface area contributed by atoms with E-state index in [1.54, 1.807) is 0 Å². The van der Waals surface area contributed by atoms with Crippen molar-refractivity contribution < 1.29 is 14.7 Å². The molecular formula is C12H11ClN4O3. The highest BCUT2D eigenvalue weighted by atomic mass is 35.5. The van der Waals surface area contributed by atoms with E-state index in [4.69, 9.17) is 16.7 Å². The third kappa shape index (κ3) is 3.55. The van der Waals surface area contributed by atoms with Gasteiger partial charge in [-0.1, -0.05) is 11.6 Å². The minimum absolute atomic E-state index is 0.102. The lowest BCUT2D eigenvalue weighted by Gasteiger charge is -2.13. The van der Waals surface area contributed by atoms with Gasteiger partial charge in [0.05, 0.1) is 11.3 Å². The number of hydrogen-bond acceptors (Lipinski definition) is 4. The number of amides is 1. The summed E-state index contributed by atoms with van der Waals surface area (Å²) in [5.41, 5.74) is 0.715. The number of nitrogens with zero attached hydrogens (tertiary/aromatic N) is 2. The Bertz CT molecular complexity index is 598. The van der Waals surface area contributed by atoms with Crippen molar-refractivity contribution in [3.63, 3.8) is 0 Å². The average molecular weight is 295 g/mol. The molecule has 0 fully saturated rings. The van der Waals surface area contributed by atoms with Gasteiger partial charge in [-0.3, -0.25) is 4.79 Å². The molecule has 0 aromatic carbocycles. The van der Waals surface area contributed by atoms with Gasteiger partial charge in [0, 0.05) is 24.5 Å². The first kappa shape index (κ1) is 14.0. The van der Waals surface area contributed by atoms with Gasteiger partial charge in [-0.25, -0.2) is 14.8 Å². The van der Waals surface area contributed by atoms with E-state index in [-0.39, 0.29) is 12.1 Å². The lowest BCUT2D eigenvalue weighted by molar-refractivity contribution is -0.139. The van der Waals surface area contributed by atoms with Crippen LogP contribution in [0.5, 0.6) is 0 Å². The summed E-state index contributed by atoms with van der Waals surface area (Å²) < 4.78 is 0. The molecule has 0 aliphatic heterocycles. The summed E-state index contributed by atoms with van der Waals surface area (Å²) in [7, 11) is 0. The molecule has 2 rings (SSSR count). The fourth-order valence-corrected chi connectivity index (χ4v) is 1.67. The summed E-state index contributed by atoms with van der Waals surface area (Å²) in [6.07, 6.45) is 4.37. The monoisotopic (exact) mass is 294 g/mol. The maximum atomic E-state index is 11.9. The van der Waals surface area contributed by atoms with Crippen LogP contribution in [-0.2, 0) is 11.2 Å². The first-order valence-corrected chi connectivity index (χ1v) is 6.06. The van der Waals surface area contributed by atoms with Crippen molar-refractivity contribution in [1.29, 1.82) is 0 Å². The van der Waals surface area contributed by atoms with Gasteiger partial charge in [0.25, 0.3) is 5.91 Å². The molecule has 8 heteroatoms. The van der Waals surface area contributed by atoms with Crippen LogP contribution in [0.4, 0.5) is 0 Å². The Balaban J connectivity index is 2.06. The summed E-state index contributed by atoms with van der Waals surface area (Å²) in [6.45, 7) is 0. The topological polar surface area (TPSA) is 108 Å². The Kier molecular flexibility index (Phi) is 4.31. The second-order valence-corrected chi connectivity index (χ2v) is 4.44. The van der Waals surface area contributed by atoms with Crippen LogP contribution in [-0.4, -0.2) is 38.0 Å². The summed E-state index contributed by atoms with van der Waals surface area (Å²) >= 11 is 5.67. The minimum atomic E-state index is -1.14. The zero-order valence-electron chi connectivity index (χ0n) is 10.2. The maximum absolute atomic E-state index is 11.9. The molecule has 1 atom stereocenters. The number of aromatic nitrogens is 3. The molecule has 104 valence electrons. The lowest BCUT2D eigenvalue weighted by Crippen LogP contribution is -2.42. The fraction of sp³-hybridized carbons (Fsp3) is 0.167. The number of carboxylic acids is 1. The molecule has 20 heavy (non-hydrogen) atoms. The van der Waals surface area contributed by atoms with Crippen molar-refractivity contribution in [2.75, 3.05) is 0 Å². The number of aliphatic carboxylic acids is 1. The number of carboxylic acid groups (broad SMARTS) is 1. The zero-order chi connectivity index (χ0) is 14.5. The second-order valence-electron chi connectivity index (χ2n) is 4.01. The van der Waals surface area contributed by atoms with Crippen LogP contribution in [0.2, 0.25) is 5.02 Å². The van der Waals surface area contributed by atoms with E-state index in [0.29, 0.717) is 10.7 Å². The molecule has 0 saturated carbocycles. The van der Waals surface area contributed by atoms with Crippen molar-refractivity contribution in [2.24, 2.45) is 0 Å². The van der Waals surface area contributed by atoms with E-state index in [1.807, 2.05) is 0 Å². The largest absolute Gasteiger partial charge is 0.480 e. The molecule has 0 spiro atoms. The van der Waals surface area contributed by atoms with Gasteiger partial charge in [0.15, 0.2) is 0 Å². The highest BCUT2D eigenvalue weighted by Gasteiger charge is 2.22.